The summed E-state index contributed by atoms with van der Waals surface area (Å²) in [5.41, 5.74) is 1.87. The zero-order valence-electron chi connectivity index (χ0n) is 20.6. The molecule has 1 aliphatic carbocycles. The average molecular weight is 526 g/mol. The minimum atomic E-state index is -3.01. The van der Waals surface area contributed by atoms with E-state index in [1.807, 2.05) is 6.07 Å². The Hall–Kier alpha value is -3.00. The molecule has 5 rings (SSSR count). The molecule has 2 aliphatic rings. The van der Waals surface area contributed by atoms with Crippen LogP contribution in [0, 0.1) is 17.2 Å². The van der Waals surface area contributed by atoms with E-state index in [0.717, 1.165) is 50.6 Å². The van der Waals surface area contributed by atoms with E-state index >= 15 is 0 Å². The number of carbonyl (C=O) groups is 1. The van der Waals surface area contributed by atoms with Crippen LogP contribution in [0.4, 0.5) is 14.5 Å². The number of halogens is 2. The number of hydrogen-bond donors (Lipinski definition) is 2. The maximum atomic E-state index is 13.9. The zero-order chi connectivity index (χ0) is 26.2. The molecule has 3 aromatic rings. The van der Waals surface area contributed by atoms with E-state index < -0.39 is 11.5 Å². The fourth-order valence-corrected chi connectivity index (χ4v) is 6.25. The number of benzene rings is 1. The van der Waals surface area contributed by atoms with Gasteiger partial charge in [-0.2, -0.15) is 5.26 Å². The van der Waals surface area contributed by atoms with Gasteiger partial charge in [0, 0.05) is 55.3 Å². The second-order valence-corrected chi connectivity index (χ2v) is 11.2. The zero-order valence-corrected chi connectivity index (χ0v) is 21.4. The van der Waals surface area contributed by atoms with Crippen LogP contribution in [-0.4, -0.2) is 51.4 Å². The molecule has 2 fully saturated rings. The number of rotatable bonds is 8. The van der Waals surface area contributed by atoms with Crippen LogP contribution in [0.2, 0.25) is 0 Å². The largest absolute Gasteiger partial charge is 0.384 e. The lowest BCUT2D eigenvalue weighted by Crippen LogP contribution is -2.54. The standard InChI is InChI=1S/C27H29F2N5O2S/c1-26(28,29)18-2-3-23-22(9-18)24(10-19(11-30)33-23)32-12-21(35)8-17-14-34(15-17)20-4-6-27(36,7-5-20)25-13-31-16-37-25/h2-3,9-10,13,16-17,20,36H,4-8,12,14-15H2,1H3,(H,32,33). The molecule has 0 unspecified atom stereocenters. The van der Waals surface area contributed by atoms with Gasteiger partial charge in [0.15, 0.2) is 5.78 Å². The van der Waals surface area contributed by atoms with Gasteiger partial charge in [-0.15, -0.1) is 11.3 Å². The van der Waals surface area contributed by atoms with Gasteiger partial charge < -0.3 is 10.4 Å². The van der Waals surface area contributed by atoms with Gasteiger partial charge >= 0.3 is 0 Å². The molecule has 7 nitrogen and oxygen atoms in total. The third-order valence-corrected chi connectivity index (χ3v) is 8.56. The molecule has 0 amide bonds. The topological polar surface area (TPSA) is 102 Å². The van der Waals surface area contributed by atoms with Crippen molar-refractivity contribution in [2.45, 2.75) is 56.6 Å². The summed E-state index contributed by atoms with van der Waals surface area (Å²) >= 11 is 1.50. The first-order valence-corrected chi connectivity index (χ1v) is 13.4. The van der Waals surface area contributed by atoms with Gasteiger partial charge in [0.05, 0.1) is 22.4 Å². The van der Waals surface area contributed by atoms with Crippen molar-refractivity contribution in [2.24, 2.45) is 5.92 Å². The van der Waals surface area contributed by atoms with E-state index in [-0.39, 0.29) is 29.5 Å². The number of likely N-dealkylation sites (tertiary alicyclic amines) is 1. The highest BCUT2D eigenvalue weighted by Gasteiger charge is 2.41. The number of anilines is 1. The predicted octanol–water partition coefficient (Wildman–Crippen LogP) is 4.81. The van der Waals surface area contributed by atoms with E-state index in [2.05, 4.69) is 20.2 Å². The van der Waals surface area contributed by atoms with Gasteiger partial charge in [-0.25, -0.2) is 13.8 Å². The molecule has 1 aliphatic heterocycles. The predicted molar refractivity (Wildman–Crippen MR) is 137 cm³/mol. The molecule has 37 heavy (non-hydrogen) atoms. The molecule has 1 aromatic carbocycles. The summed E-state index contributed by atoms with van der Waals surface area (Å²) in [6.45, 7) is 2.61. The number of ketones is 1. The molecule has 0 bridgehead atoms. The van der Waals surface area contributed by atoms with Crippen LogP contribution in [0.15, 0.2) is 36.0 Å². The molecule has 2 aromatic heterocycles. The number of thiazole rings is 1. The highest BCUT2D eigenvalue weighted by Crippen LogP contribution is 2.41. The molecule has 3 heterocycles. The summed E-state index contributed by atoms with van der Waals surface area (Å²) in [5.74, 6) is -2.69. The maximum absolute atomic E-state index is 13.9. The number of nitrogens with zero attached hydrogens (tertiary/aromatic N) is 4. The highest BCUT2D eigenvalue weighted by atomic mass is 32.1. The number of hydrogen-bond acceptors (Lipinski definition) is 8. The Labute approximate surface area is 218 Å². The van der Waals surface area contributed by atoms with Crippen molar-refractivity contribution in [1.82, 2.24) is 14.9 Å². The SMILES string of the molecule is CC(F)(F)c1ccc2nc(C#N)cc(NCC(=O)CC3CN(C4CCC(O)(c5cncs5)CC4)C3)c2c1. The molecule has 0 atom stereocenters. The van der Waals surface area contributed by atoms with Crippen molar-refractivity contribution >= 4 is 33.7 Å². The van der Waals surface area contributed by atoms with Crippen LogP contribution >= 0.6 is 11.3 Å². The van der Waals surface area contributed by atoms with E-state index in [1.165, 1.54) is 35.6 Å². The van der Waals surface area contributed by atoms with Gasteiger partial charge in [0.1, 0.15) is 17.4 Å². The Morgan fingerprint density at radius 1 is 1.32 bits per heavy atom. The van der Waals surface area contributed by atoms with Gasteiger partial charge in [-0.05, 0) is 49.8 Å². The number of pyridine rings is 1. The Kier molecular flexibility index (Phi) is 6.96. The van der Waals surface area contributed by atoms with Crippen molar-refractivity contribution in [3.63, 3.8) is 0 Å². The van der Waals surface area contributed by atoms with E-state index in [1.54, 1.807) is 11.7 Å². The minimum Gasteiger partial charge on any atom is -0.384 e. The number of nitrogens with one attached hydrogen (secondary N) is 1. The number of fused-ring (bicyclic) bond motifs is 1. The first-order chi connectivity index (χ1) is 17.6. The Morgan fingerprint density at radius 2 is 2.08 bits per heavy atom. The summed E-state index contributed by atoms with van der Waals surface area (Å²) in [6.07, 6.45) is 5.49. The summed E-state index contributed by atoms with van der Waals surface area (Å²) in [7, 11) is 0. The lowest BCUT2D eigenvalue weighted by Gasteiger charge is -2.48. The summed E-state index contributed by atoms with van der Waals surface area (Å²) in [5, 5.41) is 23.8. The Bertz CT molecular complexity index is 1320. The van der Waals surface area contributed by atoms with Crippen molar-refractivity contribution in [2.75, 3.05) is 25.0 Å². The molecule has 0 radical (unpaired) electrons. The molecule has 2 N–H and O–H groups in total. The van der Waals surface area contributed by atoms with Crippen LogP contribution < -0.4 is 5.32 Å². The van der Waals surface area contributed by atoms with Gasteiger partial charge in [-0.3, -0.25) is 14.7 Å². The van der Waals surface area contributed by atoms with Gasteiger partial charge in [-0.1, -0.05) is 6.07 Å². The van der Waals surface area contributed by atoms with Crippen molar-refractivity contribution < 1.29 is 18.7 Å². The van der Waals surface area contributed by atoms with Crippen LogP contribution in [0.25, 0.3) is 10.9 Å². The van der Waals surface area contributed by atoms with Crippen LogP contribution in [0.1, 0.15) is 55.2 Å². The Morgan fingerprint density at radius 3 is 2.73 bits per heavy atom. The Balaban J connectivity index is 1.14. The minimum absolute atomic E-state index is 0.0355. The van der Waals surface area contributed by atoms with Gasteiger partial charge in [0.2, 0.25) is 0 Å². The third-order valence-electron chi connectivity index (χ3n) is 7.60. The number of carbonyl (C=O) groups excluding carboxylic acids is 1. The van der Waals surface area contributed by atoms with Crippen molar-refractivity contribution in [3.05, 3.63) is 52.1 Å². The maximum Gasteiger partial charge on any atom is 0.270 e. The van der Waals surface area contributed by atoms with E-state index in [0.29, 0.717) is 29.1 Å². The van der Waals surface area contributed by atoms with Crippen molar-refractivity contribution in [1.29, 1.82) is 5.26 Å². The summed E-state index contributed by atoms with van der Waals surface area (Å²) < 4.78 is 27.7. The number of Topliss-reactive ketones (excluding diaryl/α,β-unsaturated/α-hetero) is 1. The molecular formula is C27H29F2N5O2S. The first-order valence-electron chi connectivity index (χ1n) is 12.5. The molecule has 0 spiro atoms. The number of aromatic nitrogens is 2. The van der Waals surface area contributed by atoms with Crippen LogP contribution in [0.5, 0.6) is 0 Å². The molecule has 10 heteroatoms. The lowest BCUT2D eigenvalue weighted by molar-refractivity contribution is -0.120. The molecule has 194 valence electrons. The monoisotopic (exact) mass is 525 g/mol. The number of nitriles is 1. The summed E-state index contributed by atoms with van der Waals surface area (Å²) in [6, 6.07) is 8.05. The fraction of sp³-hybridized carbons (Fsp3) is 0.481. The lowest BCUT2D eigenvalue weighted by atomic mass is 9.79. The number of alkyl halides is 2. The summed E-state index contributed by atoms with van der Waals surface area (Å²) in [4.78, 5) is 24.4. The van der Waals surface area contributed by atoms with Crippen LogP contribution in [0.3, 0.4) is 0 Å². The second kappa shape index (κ2) is 10.0. The van der Waals surface area contributed by atoms with Crippen molar-refractivity contribution in [3.8, 4) is 6.07 Å². The number of aliphatic hydroxyl groups is 1. The highest BCUT2D eigenvalue weighted by molar-refractivity contribution is 7.09. The molecule has 1 saturated heterocycles. The quantitative estimate of drug-likeness (QED) is 0.435. The van der Waals surface area contributed by atoms with E-state index in [9.17, 15) is 23.9 Å². The second-order valence-electron chi connectivity index (χ2n) is 10.3. The molecule has 1 saturated carbocycles. The first kappa shape index (κ1) is 25.6. The normalized spacial score (nSPS) is 22.9. The fourth-order valence-electron chi connectivity index (χ4n) is 5.46. The van der Waals surface area contributed by atoms with Gasteiger partial charge in [0.25, 0.3) is 5.92 Å². The van der Waals surface area contributed by atoms with E-state index in [4.69, 9.17) is 0 Å². The van der Waals surface area contributed by atoms with Crippen LogP contribution in [-0.2, 0) is 16.3 Å². The average Bonchev–Trinajstić information content (AvgIpc) is 3.40. The molecular weight excluding hydrogens is 496 g/mol. The smallest absolute Gasteiger partial charge is 0.270 e. The third kappa shape index (κ3) is 5.49.